The first kappa shape index (κ1) is 14.8. The van der Waals surface area contributed by atoms with Gasteiger partial charge in [-0.25, -0.2) is 0 Å². The molecule has 0 radical (unpaired) electrons. The highest BCUT2D eigenvalue weighted by Crippen LogP contribution is 2.23. The molecule has 1 fully saturated rings. The number of hydrogen-bond donors (Lipinski definition) is 2. The van der Waals surface area contributed by atoms with Crippen LogP contribution in [-0.2, 0) is 16.0 Å². The predicted molar refractivity (Wildman–Crippen MR) is 76.4 cm³/mol. The number of para-hydroxylation sites is 1. The van der Waals surface area contributed by atoms with Crippen molar-refractivity contribution in [2.24, 2.45) is 5.73 Å². The minimum absolute atomic E-state index is 0.0127. The molecule has 20 heavy (non-hydrogen) atoms. The van der Waals surface area contributed by atoms with E-state index in [0.717, 1.165) is 0 Å². The molecule has 2 rings (SSSR count). The van der Waals surface area contributed by atoms with E-state index in [1.54, 1.807) is 23.1 Å². The fraction of sp³-hybridized carbons (Fsp3) is 0.533. The van der Waals surface area contributed by atoms with Crippen LogP contribution in [0, 0.1) is 0 Å². The number of aromatic hydroxyl groups is 1. The van der Waals surface area contributed by atoms with Crippen molar-refractivity contribution in [2.45, 2.75) is 32.0 Å². The van der Waals surface area contributed by atoms with Crippen LogP contribution in [0.3, 0.4) is 0 Å². The summed E-state index contributed by atoms with van der Waals surface area (Å²) >= 11 is 0. The number of nitrogens with two attached hydrogens (primary N) is 1. The SMILES string of the molecule is CC1(C)CN(C(=O)Cc2ccccc2O)CC(CN)O1. The number of ether oxygens (including phenoxy) is 1. The lowest BCUT2D eigenvalue weighted by molar-refractivity contribution is -0.158. The van der Waals surface area contributed by atoms with Crippen molar-refractivity contribution in [2.75, 3.05) is 19.6 Å². The van der Waals surface area contributed by atoms with E-state index < -0.39 is 5.60 Å². The number of morpholine rings is 1. The molecule has 1 aliphatic heterocycles. The number of phenols is 1. The van der Waals surface area contributed by atoms with Crippen LogP contribution < -0.4 is 5.73 Å². The van der Waals surface area contributed by atoms with E-state index in [1.165, 1.54) is 0 Å². The number of carbonyl (C=O) groups excluding carboxylic acids is 1. The van der Waals surface area contributed by atoms with Gasteiger partial charge in [-0.3, -0.25) is 4.79 Å². The minimum Gasteiger partial charge on any atom is -0.508 e. The Kier molecular flexibility index (Phi) is 4.30. The van der Waals surface area contributed by atoms with Crippen molar-refractivity contribution in [1.82, 2.24) is 4.90 Å². The standard InChI is InChI=1S/C15H22N2O3/c1-15(2)10-17(9-12(8-16)20-15)14(19)7-11-5-3-4-6-13(11)18/h3-6,12,18H,7-10,16H2,1-2H3. The number of carbonyl (C=O) groups is 1. The number of nitrogens with zero attached hydrogens (tertiary/aromatic N) is 1. The summed E-state index contributed by atoms with van der Waals surface area (Å²) in [4.78, 5) is 14.2. The molecule has 0 spiro atoms. The van der Waals surface area contributed by atoms with Crippen molar-refractivity contribution in [1.29, 1.82) is 0 Å². The van der Waals surface area contributed by atoms with Crippen LogP contribution in [0.4, 0.5) is 0 Å². The van der Waals surface area contributed by atoms with Gasteiger partial charge >= 0.3 is 0 Å². The first-order chi connectivity index (χ1) is 9.41. The van der Waals surface area contributed by atoms with Crippen LogP contribution in [0.2, 0.25) is 0 Å². The van der Waals surface area contributed by atoms with Gasteiger partial charge in [0.15, 0.2) is 0 Å². The molecule has 0 aromatic heterocycles. The molecule has 1 aromatic carbocycles. The summed E-state index contributed by atoms with van der Waals surface area (Å²) in [6.07, 6.45) is 0.0621. The molecule has 110 valence electrons. The van der Waals surface area contributed by atoms with Gasteiger partial charge in [-0.05, 0) is 19.9 Å². The number of rotatable bonds is 3. The predicted octanol–water partition coefficient (Wildman–Crippen LogP) is 0.899. The Hall–Kier alpha value is -1.59. The molecule has 1 aliphatic rings. The van der Waals surface area contributed by atoms with Crippen molar-refractivity contribution < 1.29 is 14.6 Å². The zero-order chi connectivity index (χ0) is 14.8. The number of phenolic OH excluding ortho intramolecular Hbond substituents is 1. The van der Waals surface area contributed by atoms with Gasteiger partial charge in [0.1, 0.15) is 5.75 Å². The summed E-state index contributed by atoms with van der Waals surface area (Å²) < 4.78 is 5.81. The highest BCUT2D eigenvalue weighted by Gasteiger charge is 2.34. The molecule has 3 N–H and O–H groups in total. The molecule has 1 aromatic rings. The van der Waals surface area contributed by atoms with Crippen LogP contribution in [0.1, 0.15) is 19.4 Å². The molecule has 1 amide bonds. The summed E-state index contributed by atoms with van der Waals surface area (Å²) in [6, 6.07) is 6.91. The Labute approximate surface area is 119 Å². The van der Waals surface area contributed by atoms with E-state index in [2.05, 4.69) is 0 Å². The summed E-state index contributed by atoms with van der Waals surface area (Å²) in [5, 5.41) is 9.74. The van der Waals surface area contributed by atoms with Crippen molar-refractivity contribution in [3.8, 4) is 5.75 Å². The van der Waals surface area contributed by atoms with E-state index in [4.69, 9.17) is 10.5 Å². The van der Waals surface area contributed by atoms with Crippen molar-refractivity contribution in [3.63, 3.8) is 0 Å². The van der Waals surface area contributed by atoms with Crippen LogP contribution in [0.25, 0.3) is 0 Å². The minimum atomic E-state index is -0.392. The zero-order valence-corrected chi connectivity index (χ0v) is 12.0. The van der Waals surface area contributed by atoms with Gasteiger partial charge in [-0.15, -0.1) is 0 Å². The molecule has 1 unspecified atom stereocenters. The smallest absolute Gasteiger partial charge is 0.227 e. The van der Waals surface area contributed by atoms with E-state index in [1.807, 2.05) is 19.9 Å². The third-order valence-electron chi connectivity index (χ3n) is 3.43. The molecule has 1 atom stereocenters. The second kappa shape index (κ2) is 5.81. The maximum absolute atomic E-state index is 12.4. The molecular weight excluding hydrogens is 256 g/mol. The highest BCUT2D eigenvalue weighted by atomic mass is 16.5. The van der Waals surface area contributed by atoms with Gasteiger partial charge in [0.25, 0.3) is 0 Å². The van der Waals surface area contributed by atoms with Gasteiger partial charge in [0, 0.05) is 25.2 Å². The summed E-state index contributed by atoms with van der Waals surface area (Å²) in [7, 11) is 0. The largest absolute Gasteiger partial charge is 0.508 e. The van der Waals surface area contributed by atoms with E-state index in [-0.39, 0.29) is 24.2 Å². The van der Waals surface area contributed by atoms with Crippen LogP contribution in [0.15, 0.2) is 24.3 Å². The lowest BCUT2D eigenvalue weighted by Gasteiger charge is -2.42. The van der Waals surface area contributed by atoms with Crippen LogP contribution in [-0.4, -0.2) is 47.3 Å². The lowest BCUT2D eigenvalue weighted by atomic mass is 10.0. The third kappa shape index (κ3) is 3.49. The van der Waals surface area contributed by atoms with E-state index in [0.29, 0.717) is 25.2 Å². The molecule has 1 saturated heterocycles. The Balaban J connectivity index is 2.07. The summed E-state index contributed by atoms with van der Waals surface area (Å²) in [6.45, 7) is 5.34. The average molecular weight is 278 g/mol. The Morgan fingerprint density at radius 3 is 2.85 bits per heavy atom. The zero-order valence-electron chi connectivity index (χ0n) is 12.0. The van der Waals surface area contributed by atoms with Crippen molar-refractivity contribution in [3.05, 3.63) is 29.8 Å². The van der Waals surface area contributed by atoms with Crippen LogP contribution in [0.5, 0.6) is 5.75 Å². The maximum Gasteiger partial charge on any atom is 0.227 e. The summed E-state index contributed by atoms with van der Waals surface area (Å²) in [5.74, 6) is 0.144. The quantitative estimate of drug-likeness (QED) is 0.861. The second-order valence-electron chi connectivity index (χ2n) is 5.82. The lowest BCUT2D eigenvalue weighted by Crippen LogP contribution is -2.56. The first-order valence-corrected chi connectivity index (χ1v) is 6.84. The van der Waals surface area contributed by atoms with Crippen molar-refractivity contribution >= 4 is 5.91 Å². The van der Waals surface area contributed by atoms with E-state index in [9.17, 15) is 9.90 Å². The fourth-order valence-corrected chi connectivity index (χ4v) is 2.54. The second-order valence-corrected chi connectivity index (χ2v) is 5.82. The molecule has 0 aliphatic carbocycles. The molecule has 1 heterocycles. The number of amides is 1. The Morgan fingerprint density at radius 1 is 1.50 bits per heavy atom. The number of hydrogen-bond acceptors (Lipinski definition) is 4. The fourth-order valence-electron chi connectivity index (χ4n) is 2.54. The van der Waals surface area contributed by atoms with E-state index >= 15 is 0 Å². The topological polar surface area (TPSA) is 75.8 Å². The first-order valence-electron chi connectivity index (χ1n) is 6.84. The van der Waals surface area contributed by atoms with Crippen LogP contribution >= 0.6 is 0 Å². The maximum atomic E-state index is 12.4. The normalized spacial score (nSPS) is 21.8. The monoisotopic (exact) mass is 278 g/mol. The number of benzene rings is 1. The average Bonchev–Trinajstić information content (AvgIpc) is 2.39. The third-order valence-corrected chi connectivity index (χ3v) is 3.43. The summed E-state index contributed by atoms with van der Waals surface area (Å²) in [5.41, 5.74) is 5.91. The molecule has 5 heteroatoms. The van der Waals surface area contributed by atoms with Gasteiger partial charge in [0.2, 0.25) is 5.91 Å². The highest BCUT2D eigenvalue weighted by molar-refractivity contribution is 5.79. The van der Waals surface area contributed by atoms with Gasteiger partial charge in [-0.1, -0.05) is 18.2 Å². The van der Waals surface area contributed by atoms with Gasteiger partial charge < -0.3 is 20.5 Å². The van der Waals surface area contributed by atoms with Gasteiger partial charge in [-0.2, -0.15) is 0 Å². The molecular formula is C15H22N2O3. The molecule has 0 bridgehead atoms. The van der Waals surface area contributed by atoms with Gasteiger partial charge in [0.05, 0.1) is 18.1 Å². The Bertz CT molecular complexity index is 488. The Morgan fingerprint density at radius 2 is 2.20 bits per heavy atom. The molecule has 0 saturated carbocycles. The molecule has 5 nitrogen and oxygen atoms in total.